The molecule has 0 bridgehead atoms. The minimum Gasteiger partial charge on any atom is -0.342 e. The minimum atomic E-state index is 0.0920. The Morgan fingerprint density at radius 1 is 1.33 bits per heavy atom. The van der Waals surface area contributed by atoms with Crippen molar-refractivity contribution in [2.45, 2.75) is 30.6 Å². The number of amides is 2. The number of benzene rings is 1. The predicted molar refractivity (Wildman–Crippen MR) is 98.0 cm³/mol. The first kappa shape index (κ1) is 17.1. The summed E-state index contributed by atoms with van der Waals surface area (Å²) in [5, 5.41) is 3.04. The summed E-state index contributed by atoms with van der Waals surface area (Å²) in [6, 6.07) is 7.95. The molecule has 3 rings (SSSR count). The smallest absolute Gasteiger partial charge is 0.228 e. The summed E-state index contributed by atoms with van der Waals surface area (Å²) in [4.78, 5) is 27.5. The van der Waals surface area contributed by atoms with E-state index in [1.165, 1.54) is 4.90 Å². The highest BCUT2D eigenvalue weighted by atomic mass is 32.2. The first-order chi connectivity index (χ1) is 11.6. The Hall–Kier alpha value is -1.75. The van der Waals surface area contributed by atoms with E-state index in [-0.39, 0.29) is 23.1 Å². The maximum Gasteiger partial charge on any atom is 0.228 e. The highest BCUT2D eigenvalue weighted by molar-refractivity contribution is 7.98. The van der Waals surface area contributed by atoms with Crippen LogP contribution in [0.25, 0.3) is 0 Å². The van der Waals surface area contributed by atoms with E-state index in [0.717, 1.165) is 38.0 Å². The number of nitrogens with zero attached hydrogens (tertiary/aromatic N) is 1. The molecule has 24 heavy (non-hydrogen) atoms. The summed E-state index contributed by atoms with van der Waals surface area (Å²) in [6.45, 7) is 5.15. The van der Waals surface area contributed by atoms with Gasteiger partial charge in [-0.05, 0) is 55.2 Å². The van der Waals surface area contributed by atoms with E-state index >= 15 is 0 Å². The van der Waals surface area contributed by atoms with E-state index in [1.807, 2.05) is 35.4 Å². The predicted octanol–water partition coefficient (Wildman–Crippen LogP) is 3.55. The summed E-state index contributed by atoms with van der Waals surface area (Å²) >= 11 is 1.69. The number of likely N-dealkylation sites (tertiary alicyclic amines) is 1. The lowest BCUT2D eigenvalue weighted by Gasteiger charge is -2.32. The summed E-state index contributed by atoms with van der Waals surface area (Å²) in [5.41, 5.74) is 0.979. The average molecular weight is 344 g/mol. The van der Waals surface area contributed by atoms with E-state index in [4.69, 9.17) is 0 Å². The SMILES string of the molecule is C=CCC(=O)N1CCC2(CC1)CC2C(=O)Nc1ccc(SC)cc1. The number of rotatable bonds is 5. The molecule has 4 nitrogen and oxygen atoms in total. The first-order valence-corrected chi connectivity index (χ1v) is 9.64. The number of thioether (sulfide) groups is 1. The highest BCUT2D eigenvalue weighted by Gasteiger charge is 2.58. The zero-order chi connectivity index (χ0) is 17.2. The van der Waals surface area contributed by atoms with Crippen LogP contribution >= 0.6 is 11.8 Å². The quantitative estimate of drug-likeness (QED) is 0.656. The zero-order valence-electron chi connectivity index (χ0n) is 14.1. The molecule has 1 heterocycles. The van der Waals surface area contributed by atoms with Crippen molar-refractivity contribution in [1.82, 2.24) is 4.90 Å². The molecule has 5 heteroatoms. The van der Waals surface area contributed by atoms with E-state index in [0.29, 0.717) is 6.42 Å². The van der Waals surface area contributed by atoms with E-state index < -0.39 is 0 Å². The maximum absolute atomic E-state index is 12.5. The minimum absolute atomic E-state index is 0.0920. The summed E-state index contributed by atoms with van der Waals surface area (Å²) in [6.07, 6.45) is 6.91. The first-order valence-electron chi connectivity index (χ1n) is 8.41. The second kappa shape index (κ2) is 7.01. The normalized spacial score (nSPS) is 21.4. The molecular formula is C19H24N2O2S. The van der Waals surface area contributed by atoms with Gasteiger partial charge in [-0.2, -0.15) is 0 Å². The van der Waals surface area contributed by atoms with Gasteiger partial charge in [-0.1, -0.05) is 6.08 Å². The van der Waals surface area contributed by atoms with Crippen LogP contribution in [0.4, 0.5) is 5.69 Å². The van der Waals surface area contributed by atoms with Crippen LogP contribution in [0.5, 0.6) is 0 Å². The average Bonchev–Trinajstić information content (AvgIpc) is 3.30. The van der Waals surface area contributed by atoms with Gasteiger partial charge < -0.3 is 10.2 Å². The Morgan fingerprint density at radius 2 is 2.00 bits per heavy atom. The summed E-state index contributed by atoms with van der Waals surface area (Å²) in [5.74, 6) is 0.363. The van der Waals surface area contributed by atoms with Gasteiger partial charge >= 0.3 is 0 Å². The lowest BCUT2D eigenvalue weighted by atomic mass is 9.90. The fourth-order valence-electron chi connectivity index (χ4n) is 3.63. The number of hydrogen-bond donors (Lipinski definition) is 1. The molecule has 1 aliphatic heterocycles. The van der Waals surface area contributed by atoms with Crippen LogP contribution in [0.2, 0.25) is 0 Å². The monoisotopic (exact) mass is 344 g/mol. The fourth-order valence-corrected chi connectivity index (χ4v) is 4.04. The number of piperidine rings is 1. The van der Waals surface area contributed by atoms with Crippen molar-refractivity contribution in [2.75, 3.05) is 24.7 Å². The molecule has 1 saturated heterocycles. The third kappa shape index (κ3) is 3.51. The lowest BCUT2D eigenvalue weighted by Crippen LogP contribution is -2.40. The van der Waals surface area contributed by atoms with Crippen LogP contribution in [0.3, 0.4) is 0 Å². The third-order valence-corrected chi connectivity index (χ3v) is 6.04. The van der Waals surface area contributed by atoms with Gasteiger partial charge in [0.1, 0.15) is 0 Å². The number of hydrogen-bond acceptors (Lipinski definition) is 3. The Bertz CT molecular complexity index is 633. The van der Waals surface area contributed by atoms with Crippen LogP contribution in [-0.2, 0) is 9.59 Å². The largest absolute Gasteiger partial charge is 0.342 e. The number of anilines is 1. The Morgan fingerprint density at radius 3 is 2.58 bits per heavy atom. The van der Waals surface area contributed by atoms with Crippen LogP contribution < -0.4 is 5.32 Å². The fraction of sp³-hybridized carbons (Fsp3) is 0.474. The molecule has 2 amide bonds. The third-order valence-electron chi connectivity index (χ3n) is 5.29. The molecule has 1 spiro atoms. The molecular weight excluding hydrogens is 320 g/mol. The van der Waals surface area contributed by atoms with Crippen molar-refractivity contribution in [2.24, 2.45) is 11.3 Å². The van der Waals surface area contributed by atoms with Gasteiger partial charge in [0.2, 0.25) is 11.8 Å². The molecule has 0 aromatic heterocycles. The molecule has 1 aromatic rings. The van der Waals surface area contributed by atoms with Gasteiger partial charge in [0.25, 0.3) is 0 Å². The van der Waals surface area contributed by atoms with Gasteiger partial charge in [0.05, 0.1) is 0 Å². The second-order valence-corrected chi connectivity index (χ2v) is 7.59. The molecule has 0 radical (unpaired) electrons. The molecule has 2 aliphatic rings. The van der Waals surface area contributed by atoms with E-state index in [9.17, 15) is 9.59 Å². The summed E-state index contributed by atoms with van der Waals surface area (Å²) in [7, 11) is 0. The van der Waals surface area contributed by atoms with Crippen LogP contribution in [0, 0.1) is 11.3 Å². The molecule has 1 aromatic carbocycles. The standard InChI is InChI=1S/C19H24N2O2S/c1-3-4-17(22)21-11-9-19(10-12-21)13-16(19)18(23)20-14-5-7-15(24-2)8-6-14/h3,5-8,16H,1,4,9-13H2,2H3,(H,20,23). The van der Waals surface area contributed by atoms with Crippen LogP contribution in [-0.4, -0.2) is 36.1 Å². The Labute approximate surface area is 147 Å². The Kier molecular flexibility index (Phi) is 4.99. The van der Waals surface area contributed by atoms with E-state index in [2.05, 4.69) is 11.9 Å². The number of carbonyl (C=O) groups excluding carboxylic acids is 2. The van der Waals surface area contributed by atoms with Crippen LogP contribution in [0.15, 0.2) is 41.8 Å². The molecule has 1 atom stereocenters. The van der Waals surface area contributed by atoms with Crippen molar-refractivity contribution in [3.05, 3.63) is 36.9 Å². The zero-order valence-corrected chi connectivity index (χ0v) is 14.9. The van der Waals surface area contributed by atoms with E-state index in [1.54, 1.807) is 17.8 Å². The second-order valence-electron chi connectivity index (χ2n) is 6.71. The maximum atomic E-state index is 12.5. The lowest BCUT2D eigenvalue weighted by molar-refractivity contribution is -0.131. The van der Waals surface area contributed by atoms with Crippen molar-refractivity contribution in [1.29, 1.82) is 0 Å². The molecule has 1 saturated carbocycles. The Balaban J connectivity index is 1.52. The summed E-state index contributed by atoms with van der Waals surface area (Å²) < 4.78 is 0. The number of nitrogens with one attached hydrogen (secondary N) is 1. The van der Waals surface area contributed by atoms with Gasteiger partial charge in [0.15, 0.2) is 0 Å². The molecule has 2 fully saturated rings. The number of carbonyl (C=O) groups is 2. The van der Waals surface area contributed by atoms with Gasteiger partial charge in [-0.25, -0.2) is 0 Å². The van der Waals surface area contributed by atoms with Crippen molar-refractivity contribution < 1.29 is 9.59 Å². The molecule has 1 unspecified atom stereocenters. The van der Waals surface area contributed by atoms with Gasteiger partial charge in [0, 0.05) is 36.0 Å². The van der Waals surface area contributed by atoms with Crippen molar-refractivity contribution in [3.8, 4) is 0 Å². The topological polar surface area (TPSA) is 49.4 Å². The highest BCUT2D eigenvalue weighted by Crippen LogP contribution is 2.59. The molecule has 1 N–H and O–H groups in total. The van der Waals surface area contributed by atoms with Gasteiger partial charge in [-0.15, -0.1) is 18.3 Å². The van der Waals surface area contributed by atoms with Crippen LogP contribution in [0.1, 0.15) is 25.7 Å². The van der Waals surface area contributed by atoms with Crippen molar-refractivity contribution >= 4 is 29.3 Å². The van der Waals surface area contributed by atoms with Gasteiger partial charge in [-0.3, -0.25) is 9.59 Å². The van der Waals surface area contributed by atoms with Crippen molar-refractivity contribution in [3.63, 3.8) is 0 Å². The molecule has 1 aliphatic carbocycles. The molecule has 128 valence electrons.